The van der Waals surface area contributed by atoms with E-state index < -0.39 is 30.0 Å². The van der Waals surface area contributed by atoms with Gasteiger partial charge in [-0.2, -0.15) is 29.9 Å². The number of hydrogen-bond donors (Lipinski definition) is 10. The van der Waals surface area contributed by atoms with Crippen LogP contribution in [0.15, 0.2) is 46.2 Å². The van der Waals surface area contributed by atoms with Crippen molar-refractivity contribution in [3.63, 3.8) is 0 Å². The molecule has 0 atom stereocenters. The molecule has 0 aliphatic carbocycles. The normalized spacial score (nSPS) is 11.5. The summed E-state index contributed by atoms with van der Waals surface area (Å²) in [5, 5.41) is 82.3. The molecule has 30 heteroatoms. The van der Waals surface area contributed by atoms with Crippen molar-refractivity contribution in [2.45, 2.75) is 9.79 Å². The van der Waals surface area contributed by atoms with Gasteiger partial charge in [-0.3, -0.25) is 0 Å². The van der Waals surface area contributed by atoms with Crippen LogP contribution in [-0.4, -0.2) is 202 Å². The van der Waals surface area contributed by atoms with E-state index in [4.69, 9.17) is 0 Å². The molecule has 0 aliphatic rings. The fourth-order valence-corrected chi connectivity index (χ4v) is 7.36. The average molecular weight is 985 g/mol. The molecule has 0 saturated heterocycles. The molecule has 352 valence electrons. The Morgan fingerprint density at radius 1 is 0.439 bits per heavy atom. The van der Waals surface area contributed by atoms with Crippen molar-refractivity contribution in [3.8, 4) is 0 Å². The minimum Gasteiger partial charge on any atom is -0.744 e. The Kier molecular flexibility index (Phi) is 25.5. The first-order chi connectivity index (χ1) is 30.6. The van der Waals surface area contributed by atoms with Crippen LogP contribution in [0.25, 0.3) is 12.2 Å². The van der Waals surface area contributed by atoms with Gasteiger partial charge in [0.15, 0.2) is 0 Å². The molecular weight excluding hydrogens is 935 g/mol. The van der Waals surface area contributed by atoms with Gasteiger partial charge >= 0.3 is 59.1 Å². The van der Waals surface area contributed by atoms with Gasteiger partial charge in [-0.05, 0) is 35.4 Å². The van der Waals surface area contributed by atoms with E-state index in [0.29, 0.717) is 0 Å². The largest absolute Gasteiger partial charge is 1.00 e. The molecule has 66 heavy (non-hydrogen) atoms. The van der Waals surface area contributed by atoms with Gasteiger partial charge in [0, 0.05) is 63.7 Å². The second-order valence-corrected chi connectivity index (χ2v) is 15.9. The summed E-state index contributed by atoms with van der Waals surface area (Å²) in [4.78, 5) is 30.1. The van der Waals surface area contributed by atoms with Crippen LogP contribution in [0.2, 0.25) is 0 Å². The molecule has 2 aromatic carbocycles. The van der Waals surface area contributed by atoms with Crippen molar-refractivity contribution in [1.29, 1.82) is 0 Å². The fourth-order valence-electron chi connectivity index (χ4n) is 5.97. The van der Waals surface area contributed by atoms with Gasteiger partial charge in [-0.25, -0.2) is 16.8 Å². The Balaban J connectivity index is 0.00000748. The molecule has 0 radical (unpaired) electrons. The van der Waals surface area contributed by atoms with Crippen molar-refractivity contribution >= 4 is 79.5 Å². The third-order valence-corrected chi connectivity index (χ3v) is 10.6. The number of hydrogen-bond acceptors (Lipinski definition) is 26. The number of anilines is 8. The molecular formula is C36H50N12Na2O14S2. The number of nitrogens with one attached hydrogen (secondary N) is 2. The van der Waals surface area contributed by atoms with Gasteiger partial charge in [0.2, 0.25) is 35.7 Å². The third-order valence-electron chi connectivity index (χ3n) is 8.83. The number of benzene rings is 2. The summed E-state index contributed by atoms with van der Waals surface area (Å²) in [6.07, 6.45) is 2.21. The first-order valence-corrected chi connectivity index (χ1v) is 22.2. The van der Waals surface area contributed by atoms with Crippen LogP contribution in [0.4, 0.5) is 47.1 Å². The number of aliphatic hydroxyl groups is 8. The summed E-state index contributed by atoms with van der Waals surface area (Å²) in [6.45, 7) is -2.81. The van der Waals surface area contributed by atoms with Crippen LogP contribution in [0.1, 0.15) is 11.1 Å². The van der Waals surface area contributed by atoms with Gasteiger partial charge in [-0.15, -0.1) is 0 Å². The van der Waals surface area contributed by atoms with E-state index in [9.17, 15) is 66.8 Å². The Labute approximate surface area is 424 Å². The van der Waals surface area contributed by atoms with E-state index >= 15 is 0 Å². The SMILES string of the molecule is O=S(=O)([O-])c1cc(Nc2nc(N(CCO)CCO)nc(N(CCO)CCO)n2)ccc1C=Cc1ccc(Nc2nc(N(CCO)CCO)nc(N(CCO)CCO)n2)cc1S(=O)(=O)[O-].[Na+].[Na+]. The quantitative estimate of drug-likeness (QED) is 0.0143. The number of aromatic nitrogens is 6. The predicted molar refractivity (Wildman–Crippen MR) is 229 cm³/mol. The molecule has 0 bridgehead atoms. The van der Waals surface area contributed by atoms with Crippen LogP contribution < -0.4 is 89.3 Å². The molecule has 10 N–H and O–H groups in total. The van der Waals surface area contributed by atoms with Gasteiger partial charge in [0.25, 0.3) is 0 Å². The van der Waals surface area contributed by atoms with Crippen molar-refractivity contribution < 1.29 is 126 Å². The van der Waals surface area contributed by atoms with E-state index in [1.807, 2.05) is 0 Å². The Morgan fingerprint density at radius 2 is 0.682 bits per heavy atom. The van der Waals surface area contributed by atoms with E-state index in [2.05, 4.69) is 40.5 Å². The minimum atomic E-state index is -5.23. The molecule has 2 aromatic heterocycles. The molecule has 2 heterocycles. The zero-order chi connectivity index (χ0) is 46.9. The van der Waals surface area contributed by atoms with Crippen molar-refractivity contribution in [2.75, 3.05) is 135 Å². The number of aliphatic hydroxyl groups excluding tert-OH is 8. The Morgan fingerprint density at radius 3 is 0.894 bits per heavy atom. The van der Waals surface area contributed by atoms with E-state index in [-0.39, 0.29) is 223 Å². The monoisotopic (exact) mass is 984 g/mol. The van der Waals surface area contributed by atoms with Crippen molar-refractivity contribution in [2.24, 2.45) is 0 Å². The predicted octanol–water partition coefficient (Wildman–Crippen LogP) is -9.31. The summed E-state index contributed by atoms with van der Waals surface area (Å²) in [5.41, 5.74) is -0.454. The third kappa shape index (κ3) is 17.2. The second kappa shape index (κ2) is 28.7. The Bertz CT molecular complexity index is 2140. The molecule has 0 fully saturated rings. The molecule has 0 saturated carbocycles. The van der Waals surface area contributed by atoms with Crippen LogP contribution in [0.5, 0.6) is 0 Å². The van der Waals surface area contributed by atoms with Gasteiger partial charge < -0.3 is 80.2 Å². The summed E-state index contributed by atoms with van der Waals surface area (Å²) in [7, 11) is -10.5. The fraction of sp³-hybridized carbons (Fsp3) is 0.444. The molecule has 0 aliphatic heterocycles. The van der Waals surface area contributed by atoms with Crippen molar-refractivity contribution in [3.05, 3.63) is 47.5 Å². The summed E-state index contributed by atoms with van der Waals surface area (Å²) < 4.78 is 75.4. The van der Waals surface area contributed by atoms with Crippen LogP contribution in [0, 0.1) is 0 Å². The molecule has 4 rings (SSSR count). The maximum absolute atomic E-state index is 12.6. The van der Waals surface area contributed by atoms with Crippen LogP contribution in [0.3, 0.4) is 0 Å². The maximum Gasteiger partial charge on any atom is 1.00 e. The molecule has 26 nitrogen and oxygen atoms in total. The van der Waals surface area contributed by atoms with Crippen LogP contribution >= 0.6 is 0 Å². The van der Waals surface area contributed by atoms with E-state index in [1.165, 1.54) is 43.9 Å². The first kappa shape index (κ1) is 58.6. The Hall–Kier alpha value is -3.50. The molecule has 4 aromatic rings. The smallest absolute Gasteiger partial charge is 0.744 e. The zero-order valence-corrected chi connectivity index (χ0v) is 41.9. The topological polar surface area (TPSA) is 391 Å². The molecule has 0 unspecified atom stereocenters. The van der Waals surface area contributed by atoms with Crippen LogP contribution in [-0.2, 0) is 20.2 Å². The molecule has 0 amide bonds. The molecule has 0 spiro atoms. The number of rotatable bonds is 28. The standard InChI is InChI=1S/C36H52N12O14S2.2Na/c49-15-7-45(8-16-50)33-39-31(40-34(43-33)46(9-17-51)10-18-52)37-27-5-3-25(29(23-27)63(57,58)59)1-2-26-4-6-28(24-30(26)64(60,61)62)38-32-41-35(47(11-19-53)12-20-54)44-36(42-32)48(13-21-55)14-22-56;;/h1-6,23-24,49-56H,7-22H2,(H,57,58,59)(H,60,61,62)(H,37,39,40,43)(H,38,41,42,44);;/q;2*+1/p-2. The first-order valence-electron chi connectivity index (χ1n) is 19.4. The van der Waals surface area contributed by atoms with Gasteiger partial charge in [0.1, 0.15) is 20.2 Å². The van der Waals surface area contributed by atoms with Crippen molar-refractivity contribution in [1.82, 2.24) is 29.9 Å². The van der Waals surface area contributed by atoms with E-state index in [1.54, 1.807) is 0 Å². The summed E-state index contributed by atoms with van der Waals surface area (Å²) in [5.74, 6) is -0.526. The summed E-state index contributed by atoms with van der Waals surface area (Å²) in [6, 6.07) is 7.04. The average Bonchev–Trinajstić information content (AvgIpc) is 3.25. The minimum absolute atomic E-state index is 0. The number of nitrogens with zero attached hydrogens (tertiary/aromatic N) is 10. The second-order valence-electron chi connectivity index (χ2n) is 13.3. The zero-order valence-electron chi connectivity index (χ0n) is 36.2. The van der Waals surface area contributed by atoms with Gasteiger partial charge in [0.05, 0.1) is 62.6 Å². The van der Waals surface area contributed by atoms with E-state index in [0.717, 1.165) is 24.3 Å². The summed E-state index contributed by atoms with van der Waals surface area (Å²) >= 11 is 0. The van der Waals surface area contributed by atoms with Gasteiger partial charge in [-0.1, -0.05) is 24.3 Å². The maximum atomic E-state index is 12.6.